The van der Waals surface area contributed by atoms with E-state index in [1.54, 1.807) is 13.2 Å². The summed E-state index contributed by atoms with van der Waals surface area (Å²) in [6.07, 6.45) is -2.31. The Morgan fingerprint density at radius 1 is 0.927 bits per heavy atom. The maximum atomic E-state index is 13.7. The van der Waals surface area contributed by atoms with Crippen LogP contribution in [0.4, 0.5) is 18.9 Å². The van der Waals surface area contributed by atoms with Crippen molar-refractivity contribution in [1.82, 2.24) is 9.80 Å². The number of hydrogen-bond donors (Lipinski definition) is 1. The van der Waals surface area contributed by atoms with Crippen molar-refractivity contribution in [3.63, 3.8) is 0 Å². The summed E-state index contributed by atoms with van der Waals surface area (Å²) in [7, 11) is 3.66. The summed E-state index contributed by atoms with van der Waals surface area (Å²) in [4.78, 5) is 31.2. The van der Waals surface area contributed by atoms with Gasteiger partial charge in [-0.05, 0) is 74.0 Å². The molecule has 10 heteroatoms. The molecule has 0 bridgehead atoms. The fourth-order valence-electron chi connectivity index (χ4n) is 6.79. The maximum Gasteiger partial charge on any atom is 0.416 e. The molecule has 3 fully saturated rings. The number of likely N-dealkylation sites (N-methyl/N-ethyl adjacent to an activating group) is 1. The number of anilines is 1. The number of carboxylic acid groups (broad SMARTS) is 1. The molecule has 0 unspecified atom stereocenters. The van der Waals surface area contributed by atoms with Gasteiger partial charge in [0.1, 0.15) is 5.75 Å². The third-order valence-electron chi connectivity index (χ3n) is 9.15. The van der Waals surface area contributed by atoms with Crippen LogP contribution >= 0.6 is 0 Å². The number of piperidine rings is 2. The number of carbonyl (C=O) groups is 2. The molecule has 3 heterocycles. The SMILES string of the molecule is COc1ccc([C@@H]2CN(C)C[C@H]2C(=O)N2CCC(c3ccc(C(F)(F)F)cc3N3CCC(C(=O)O)CC3)CC2)cc1. The van der Waals surface area contributed by atoms with Gasteiger partial charge in [0.05, 0.1) is 24.5 Å². The van der Waals surface area contributed by atoms with Gasteiger partial charge in [-0.15, -0.1) is 0 Å². The lowest BCUT2D eigenvalue weighted by atomic mass is 9.84. The Kier molecular flexibility index (Phi) is 8.50. The highest BCUT2D eigenvalue weighted by Gasteiger charge is 2.40. The predicted octanol–water partition coefficient (Wildman–Crippen LogP) is 5.07. The van der Waals surface area contributed by atoms with E-state index in [0.717, 1.165) is 29.5 Å². The van der Waals surface area contributed by atoms with Crippen LogP contribution in [0.1, 0.15) is 54.2 Å². The Balaban J connectivity index is 1.29. The van der Waals surface area contributed by atoms with E-state index in [-0.39, 0.29) is 23.7 Å². The van der Waals surface area contributed by atoms with E-state index in [2.05, 4.69) is 4.90 Å². The van der Waals surface area contributed by atoms with Gasteiger partial charge in [-0.3, -0.25) is 9.59 Å². The summed E-state index contributed by atoms with van der Waals surface area (Å²) in [5.74, 6) is -0.443. The molecule has 41 heavy (non-hydrogen) atoms. The highest BCUT2D eigenvalue weighted by atomic mass is 19.4. The molecule has 0 spiro atoms. The number of halogens is 3. The molecule has 222 valence electrons. The molecule has 1 amide bonds. The number of hydrogen-bond acceptors (Lipinski definition) is 5. The minimum Gasteiger partial charge on any atom is -0.497 e. The monoisotopic (exact) mass is 573 g/mol. The van der Waals surface area contributed by atoms with Crippen molar-refractivity contribution in [3.8, 4) is 5.75 Å². The zero-order chi connectivity index (χ0) is 29.3. The van der Waals surface area contributed by atoms with Crippen LogP contribution in [0.15, 0.2) is 42.5 Å². The molecule has 0 aromatic heterocycles. The molecule has 3 saturated heterocycles. The van der Waals surface area contributed by atoms with E-state index < -0.39 is 23.6 Å². The summed E-state index contributed by atoms with van der Waals surface area (Å²) in [5, 5.41) is 9.36. The molecule has 5 rings (SSSR count). The molecule has 1 N–H and O–H groups in total. The lowest BCUT2D eigenvalue weighted by molar-refractivity contribution is -0.142. The lowest BCUT2D eigenvalue weighted by Gasteiger charge is -2.38. The zero-order valence-corrected chi connectivity index (χ0v) is 23.6. The predicted molar refractivity (Wildman–Crippen MR) is 149 cm³/mol. The number of carbonyl (C=O) groups excluding carboxylic acids is 1. The van der Waals surface area contributed by atoms with Crippen LogP contribution in [0.2, 0.25) is 0 Å². The number of likely N-dealkylation sites (tertiary alicyclic amines) is 2. The zero-order valence-electron chi connectivity index (χ0n) is 23.6. The van der Waals surface area contributed by atoms with Gasteiger partial charge in [0, 0.05) is 50.9 Å². The first-order valence-corrected chi connectivity index (χ1v) is 14.3. The quantitative estimate of drug-likeness (QED) is 0.521. The molecular formula is C31H38F3N3O4. The highest BCUT2D eigenvalue weighted by molar-refractivity contribution is 5.81. The summed E-state index contributed by atoms with van der Waals surface area (Å²) in [5.41, 5.74) is 1.82. The molecule has 0 radical (unpaired) electrons. The Morgan fingerprint density at radius 3 is 2.17 bits per heavy atom. The van der Waals surface area contributed by atoms with Gasteiger partial charge in [-0.25, -0.2) is 0 Å². The Hall–Kier alpha value is -3.27. The minimum absolute atomic E-state index is 0.0252. The molecule has 2 aromatic rings. The number of rotatable bonds is 6. The number of methoxy groups -OCH3 is 1. The molecule has 0 aliphatic carbocycles. The molecule has 0 saturated carbocycles. The van der Waals surface area contributed by atoms with Crippen molar-refractivity contribution in [2.24, 2.45) is 11.8 Å². The van der Waals surface area contributed by atoms with Crippen LogP contribution in [0.25, 0.3) is 0 Å². The van der Waals surface area contributed by atoms with Crippen molar-refractivity contribution >= 4 is 17.6 Å². The molecule has 3 aliphatic heterocycles. The fraction of sp³-hybridized carbons (Fsp3) is 0.548. The van der Waals surface area contributed by atoms with Crippen LogP contribution in [-0.4, -0.2) is 80.2 Å². The molecule has 7 nitrogen and oxygen atoms in total. The standard InChI is InChI=1S/C31H38F3N3O4/c1-35-18-26(20-3-6-24(41-2)7-4-20)27(19-35)29(38)37-15-9-21(10-16-37)25-8-5-23(31(32,33)34)17-28(25)36-13-11-22(12-14-36)30(39)40/h3-8,17,21-22,26-27H,9-16,18-19H2,1-2H3,(H,39,40)/t26-,27+/m0/s1. The average molecular weight is 574 g/mol. The van der Waals surface area contributed by atoms with E-state index in [1.165, 1.54) is 6.07 Å². The van der Waals surface area contributed by atoms with Crippen LogP contribution in [0.3, 0.4) is 0 Å². The molecule has 2 aromatic carbocycles. The summed E-state index contributed by atoms with van der Waals surface area (Å²) in [6.45, 7) is 3.41. The van der Waals surface area contributed by atoms with Crippen molar-refractivity contribution < 1.29 is 32.6 Å². The maximum absolute atomic E-state index is 13.7. The summed E-state index contributed by atoms with van der Waals surface area (Å²) >= 11 is 0. The van der Waals surface area contributed by atoms with Crippen LogP contribution in [0.5, 0.6) is 5.75 Å². The molecule has 2 atom stereocenters. The van der Waals surface area contributed by atoms with Gasteiger partial charge < -0.3 is 24.5 Å². The largest absolute Gasteiger partial charge is 0.497 e. The Labute approximate surface area is 238 Å². The summed E-state index contributed by atoms with van der Waals surface area (Å²) < 4.78 is 46.2. The fourth-order valence-corrected chi connectivity index (χ4v) is 6.79. The minimum atomic E-state index is -4.46. The normalized spacial score (nSPS) is 23.1. The van der Waals surface area contributed by atoms with Crippen molar-refractivity contribution in [2.45, 2.75) is 43.7 Å². The summed E-state index contributed by atoms with van der Waals surface area (Å²) in [6, 6.07) is 11.9. The van der Waals surface area contributed by atoms with E-state index in [4.69, 9.17) is 4.74 Å². The second-order valence-corrected chi connectivity index (χ2v) is 11.7. The van der Waals surface area contributed by atoms with Crippen LogP contribution in [0, 0.1) is 11.8 Å². The van der Waals surface area contributed by atoms with Gasteiger partial charge in [-0.2, -0.15) is 13.2 Å². The van der Waals surface area contributed by atoms with E-state index in [9.17, 15) is 27.9 Å². The number of amides is 1. The first-order chi connectivity index (χ1) is 19.5. The van der Waals surface area contributed by atoms with Gasteiger partial charge in [0.25, 0.3) is 0 Å². The van der Waals surface area contributed by atoms with E-state index in [0.29, 0.717) is 64.1 Å². The van der Waals surface area contributed by atoms with Gasteiger partial charge in [-0.1, -0.05) is 18.2 Å². The Morgan fingerprint density at radius 2 is 1.59 bits per heavy atom. The van der Waals surface area contributed by atoms with Gasteiger partial charge in [0.15, 0.2) is 0 Å². The Bertz CT molecular complexity index is 1240. The third-order valence-corrected chi connectivity index (χ3v) is 9.15. The molecule has 3 aliphatic rings. The average Bonchev–Trinajstić information content (AvgIpc) is 3.37. The highest BCUT2D eigenvalue weighted by Crippen LogP contribution is 2.41. The van der Waals surface area contributed by atoms with E-state index in [1.807, 2.05) is 41.1 Å². The number of ether oxygens (including phenoxy) is 1. The second-order valence-electron chi connectivity index (χ2n) is 11.7. The first kappa shape index (κ1) is 29.2. The smallest absolute Gasteiger partial charge is 0.416 e. The van der Waals surface area contributed by atoms with Crippen LogP contribution < -0.4 is 9.64 Å². The number of benzene rings is 2. The number of alkyl halides is 3. The van der Waals surface area contributed by atoms with E-state index >= 15 is 0 Å². The van der Waals surface area contributed by atoms with Crippen molar-refractivity contribution in [3.05, 3.63) is 59.2 Å². The van der Waals surface area contributed by atoms with Gasteiger partial charge in [0.2, 0.25) is 5.91 Å². The number of aliphatic carboxylic acids is 1. The topological polar surface area (TPSA) is 73.3 Å². The van der Waals surface area contributed by atoms with Crippen molar-refractivity contribution in [2.75, 3.05) is 58.3 Å². The molecular weight excluding hydrogens is 535 g/mol. The second kappa shape index (κ2) is 11.9. The van der Waals surface area contributed by atoms with Gasteiger partial charge >= 0.3 is 12.1 Å². The third kappa shape index (κ3) is 6.32. The van der Waals surface area contributed by atoms with Crippen molar-refractivity contribution in [1.29, 1.82) is 0 Å². The van der Waals surface area contributed by atoms with Crippen LogP contribution in [-0.2, 0) is 15.8 Å². The number of carboxylic acids is 1. The lowest BCUT2D eigenvalue weighted by Crippen LogP contribution is -2.43. The number of nitrogens with zero attached hydrogens (tertiary/aromatic N) is 3. The first-order valence-electron chi connectivity index (χ1n) is 14.3.